The lowest BCUT2D eigenvalue weighted by Gasteiger charge is -2.15. The summed E-state index contributed by atoms with van der Waals surface area (Å²) in [5, 5.41) is 30.1. The van der Waals surface area contributed by atoms with Gasteiger partial charge in [-0.1, -0.05) is 255 Å². The van der Waals surface area contributed by atoms with Gasteiger partial charge in [0, 0.05) is 68.8 Å². The molecule has 4 aliphatic heterocycles. The summed E-state index contributed by atoms with van der Waals surface area (Å²) in [5.74, 6) is 9.51. The zero-order valence-corrected chi connectivity index (χ0v) is 71.6. The number of fused-ring (bicyclic) bond motifs is 2. The number of hydrogen-bond acceptors (Lipinski definition) is 20. The van der Waals surface area contributed by atoms with Crippen LogP contribution in [0.1, 0.15) is 351 Å². The topological polar surface area (TPSA) is 215 Å². The third-order valence-corrected chi connectivity index (χ3v) is 14.5. The number of hydrogen-bond donors (Lipinski definition) is 2. The summed E-state index contributed by atoms with van der Waals surface area (Å²) in [6.07, 6.45) is 7.91. The van der Waals surface area contributed by atoms with Gasteiger partial charge in [0.15, 0.2) is 5.82 Å². The van der Waals surface area contributed by atoms with E-state index in [9.17, 15) is 4.79 Å². The van der Waals surface area contributed by atoms with Crippen LogP contribution in [0.5, 0.6) is 0 Å². The summed E-state index contributed by atoms with van der Waals surface area (Å²) in [5.41, 5.74) is 4.73. The summed E-state index contributed by atoms with van der Waals surface area (Å²) in [4.78, 5) is 23.8. The molecule has 9 heterocycles. The Labute approximate surface area is 618 Å². The first-order valence-electron chi connectivity index (χ1n) is 37.2. The number of rotatable bonds is 6. The van der Waals surface area contributed by atoms with E-state index in [1.54, 1.807) is 25.2 Å². The Morgan fingerprint density at radius 1 is 0.475 bits per heavy atom. The van der Waals surface area contributed by atoms with Gasteiger partial charge in [0.25, 0.3) is 0 Å². The maximum atomic E-state index is 11.4. The number of esters is 1. The average Bonchev–Trinajstić information content (AvgIpc) is 1.66. The van der Waals surface area contributed by atoms with Gasteiger partial charge in [0.05, 0.1) is 5.56 Å². The van der Waals surface area contributed by atoms with Crippen LogP contribution in [-0.2, 0) is 22.4 Å². The number of benzene rings is 2. The highest BCUT2D eigenvalue weighted by atomic mass is 32.1. The quantitative estimate of drug-likeness (QED) is 0.148. The van der Waals surface area contributed by atoms with E-state index in [4.69, 9.17) is 18.4 Å². The molecule has 11 rings (SSSR count). The summed E-state index contributed by atoms with van der Waals surface area (Å²) < 4.78 is 28.3. The van der Waals surface area contributed by atoms with Gasteiger partial charge in [-0.25, -0.2) is 14.8 Å². The third kappa shape index (κ3) is 57.0. The van der Waals surface area contributed by atoms with E-state index >= 15 is 0 Å². The first-order valence-corrected chi connectivity index (χ1v) is 39.6. The fourth-order valence-electron chi connectivity index (χ4n) is 7.14. The molecule has 570 valence electrons. The van der Waals surface area contributed by atoms with Crippen molar-refractivity contribution >= 4 is 40.4 Å². The highest BCUT2D eigenvalue weighted by Gasteiger charge is 2.32. The second kappa shape index (κ2) is 66.0. The minimum absolute atomic E-state index is 0.0521. The molecular weight excluding hydrogens is 1290 g/mol. The SMILES string of the molecule is C1CCNCC1.C1CCOC1.CC.CC.CC.CC.CC(C)C.CC(C)C.CC(C)C.CC(C)C1OC(=O)c2ccccc21.Cc1nc(C(C)C)no1.Cc1nc(C(C)C)ns1.Cc1nnc(C(C)C)o1.Cc1nnc(C(C)C)s1.Cc1nsc(C(C)C)n1.c1ccc2c(c1)CCNC2. The zero-order valence-electron chi connectivity index (χ0n) is 69.1. The number of carbonyl (C=O) groups excluding carboxylic acids is 1. The zero-order chi connectivity index (χ0) is 77.0. The van der Waals surface area contributed by atoms with E-state index in [-0.39, 0.29) is 12.1 Å². The molecule has 99 heavy (non-hydrogen) atoms. The molecule has 0 bridgehead atoms. The van der Waals surface area contributed by atoms with Gasteiger partial charge in [0.2, 0.25) is 17.7 Å². The molecule has 2 saturated heterocycles. The second-order valence-corrected chi connectivity index (χ2v) is 29.2. The van der Waals surface area contributed by atoms with E-state index in [1.165, 1.54) is 85.8 Å². The smallest absolute Gasteiger partial charge is 0.339 e. The van der Waals surface area contributed by atoms with Crippen LogP contribution >= 0.6 is 34.4 Å². The third-order valence-electron chi connectivity index (χ3n) is 11.6. The molecule has 0 radical (unpaired) electrons. The predicted octanol–water partition coefficient (Wildman–Crippen LogP) is 23.4. The minimum Gasteiger partial charge on any atom is -0.454 e. The van der Waals surface area contributed by atoms with Crippen LogP contribution in [0.3, 0.4) is 0 Å². The van der Waals surface area contributed by atoms with E-state index in [2.05, 4.69) is 202 Å². The van der Waals surface area contributed by atoms with Gasteiger partial charge in [0.1, 0.15) is 37.8 Å². The van der Waals surface area contributed by atoms with Gasteiger partial charge < -0.3 is 29.0 Å². The number of cyclic esters (lactones) is 1. The van der Waals surface area contributed by atoms with Crippen molar-refractivity contribution in [2.75, 3.05) is 32.8 Å². The molecule has 20 heteroatoms. The predicted molar refractivity (Wildman–Crippen MR) is 427 cm³/mol. The Balaban J connectivity index is -0.000000326. The minimum atomic E-state index is -0.186. The summed E-state index contributed by atoms with van der Waals surface area (Å²) in [6, 6.07) is 16.2. The second-order valence-electron chi connectivity index (χ2n) is 26.3. The fourth-order valence-corrected chi connectivity index (χ4v) is 9.10. The molecule has 2 N–H and O–H groups in total. The lowest BCUT2D eigenvalue weighted by Crippen LogP contribution is -2.23. The van der Waals surface area contributed by atoms with Gasteiger partial charge in [-0.2, -0.15) is 13.7 Å². The van der Waals surface area contributed by atoms with Crippen LogP contribution < -0.4 is 10.6 Å². The molecule has 4 aliphatic rings. The number of aromatic nitrogens is 10. The number of nitrogens with zero attached hydrogens (tertiary/aromatic N) is 10. The highest BCUT2D eigenvalue weighted by molar-refractivity contribution is 7.11. The van der Waals surface area contributed by atoms with Crippen molar-refractivity contribution in [1.82, 2.24) is 59.9 Å². The van der Waals surface area contributed by atoms with Crippen molar-refractivity contribution in [3.05, 3.63) is 126 Å². The molecule has 5 aromatic heterocycles. The van der Waals surface area contributed by atoms with Crippen LogP contribution in [0.25, 0.3) is 0 Å². The monoisotopic (exact) mass is 1440 g/mol. The van der Waals surface area contributed by atoms with Crippen molar-refractivity contribution in [1.29, 1.82) is 0 Å². The molecule has 0 spiro atoms. The Morgan fingerprint density at radius 3 is 1.28 bits per heavy atom. The number of carbonyl (C=O) groups is 1. The number of aryl methyl sites for hydroxylation is 5. The molecule has 2 fully saturated rings. The van der Waals surface area contributed by atoms with Crippen molar-refractivity contribution in [2.45, 2.75) is 316 Å². The molecule has 0 amide bonds. The van der Waals surface area contributed by atoms with Crippen LogP contribution in [0, 0.1) is 58.3 Å². The first-order chi connectivity index (χ1) is 46.9. The molecule has 1 unspecified atom stereocenters. The maximum Gasteiger partial charge on any atom is 0.339 e. The van der Waals surface area contributed by atoms with Crippen molar-refractivity contribution in [3.63, 3.8) is 0 Å². The van der Waals surface area contributed by atoms with E-state index in [1.807, 2.05) is 128 Å². The Morgan fingerprint density at radius 2 is 0.990 bits per heavy atom. The molecule has 1 atom stereocenters. The summed E-state index contributed by atoms with van der Waals surface area (Å²) in [7, 11) is 0. The first kappa shape index (κ1) is 102. The normalized spacial score (nSPS) is 13.2. The fraction of sp³-hybridized carbons (Fsp3) is 0.709. The molecule has 0 saturated carbocycles. The standard InChI is InChI=1S/C11H12O2.C9H11N.2C6H10N2O.3C6H10N2S.C5H11N.C4H8O.3C4H10.4C2H6/c1-7(2)10-8-5-3-4-6-9(8)11(12)13-10;1-2-4-9-7-10-6-5-8(9)3-1;1-4(2)6-8-7-5(3)9-6;1-4(2)6-7-5(3)9-8-6;1-4(2)6-8-7-5(3)9-6;1-4(2)6-7-5(3)9-8-6;1-4(2)6-7-5(3)8-9-6;1-2-4-6-5-3-1;1-2-4-5-3-1;3*1-4(2)3;4*1-2/h3-7,10H,1-2H3;1-4,10H,5-7H2;5*4H,1-3H3;6H,1-5H2;1-4H2;3*4H,1-3H3;4*1-2H3. The van der Waals surface area contributed by atoms with Crippen molar-refractivity contribution in [3.8, 4) is 0 Å². The van der Waals surface area contributed by atoms with Crippen LogP contribution in [0.4, 0.5) is 0 Å². The Hall–Kier alpha value is -5.25. The number of nitrogens with one attached hydrogen (secondary N) is 2. The molecule has 0 aliphatic carbocycles. The van der Waals surface area contributed by atoms with Crippen molar-refractivity contribution in [2.24, 2.45) is 23.7 Å². The van der Waals surface area contributed by atoms with Gasteiger partial charge in [-0.05, 0) is 136 Å². The van der Waals surface area contributed by atoms with E-state index < -0.39 is 0 Å². The average molecular weight is 1440 g/mol. The maximum absolute atomic E-state index is 11.4. The largest absolute Gasteiger partial charge is 0.454 e. The summed E-state index contributed by atoms with van der Waals surface area (Å²) in [6.45, 7) is 76.6. The number of ether oxygens (including phenoxy) is 2. The Kier molecular flexibility index (Phi) is 68.3. The lowest BCUT2D eigenvalue weighted by molar-refractivity contribution is 0.0280. The van der Waals surface area contributed by atoms with Gasteiger partial charge in [-0.15, -0.1) is 31.7 Å². The van der Waals surface area contributed by atoms with E-state index in [0.717, 1.165) is 92.7 Å². The molecule has 7 aromatic rings. The lowest BCUT2D eigenvalue weighted by atomic mass is 9.97. The van der Waals surface area contributed by atoms with E-state index in [0.29, 0.717) is 53.2 Å². The van der Waals surface area contributed by atoms with Crippen LogP contribution in [-0.4, -0.2) is 88.1 Å². The van der Waals surface area contributed by atoms with Gasteiger partial charge >= 0.3 is 5.97 Å². The van der Waals surface area contributed by atoms with Crippen LogP contribution in [0.15, 0.2) is 57.5 Å². The Bertz CT molecular complexity index is 2540. The summed E-state index contributed by atoms with van der Waals surface area (Å²) >= 11 is 4.64. The molecular formula is C79H146N12O5S3. The van der Waals surface area contributed by atoms with Crippen molar-refractivity contribution < 1.29 is 23.2 Å². The number of piperidine rings is 1. The van der Waals surface area contributed by atoms with Gasteiger partial charge in [-0.3, -0.25) is 0 Å². The molecule has 17 nitrogen and oxygen atoms in total. The van der Waals surface area contributed by atoms with Crippen LogP contribution in [0.2, 0.25) is 0 Å². The molecule has 2 aromatic carbocycles. The highest BCUT2D eigenvalue weighted by Crippen LogP contribution is 2.35.